The highest BCUT2D eigenvalue weighted by Crippen LogP contribution is 2.20. The van der Waals surface area contributed by atoms with Gasteiger partial charge in [-0.25, -0.2) is 18.0 Å². The van der Waals surface area contributed by atoms with Gasteiger partial charge in [-0.1, -0.05) is 0 Å². The molecular weight excluding hydrogens is 261 g/mol. The molecule has 0 radical (unpaired) electrons. The Hall–Kier alpha value is -1.76. The van der Waals surface area contributed by atoms with Gasteiger partial charge in [-0.15, -0.1) is 0 Å². The van der Waals surface area contributed by atoms with E-state index in [0.29, 0.717) is 18.6 Å². The van der Waals surface area contributed by atoms with Gasteiger partial charge in [0.15, 0.2) is 11.6 Å². The van der Waals surface area contributed by atoms with E-state index in [1.54, 1.807) is 6.92 Å². The van der Waals surface area contributed by atoms with Crippen molar-refractivity contribution >= 4 is 11.7 Å². The van der Waals surface area contributed by atoms with Crippen LogP contribution in [-0.4, -0.2) is 35.7 Å². The summed E-state index contributed by atoms with van der Waals surface area (Å²) in [5, 5.41) is 11.1. The van der Waals surface area contributed by atoms with E-state index < -0.39 is 35.3 Å². The average molecular weight is 276 g/mol. The van der Waals surface area contributed by atoms with Crippen LogP contribution in [0.1, 0.15) is 13.3 Å². The van der Waals surface area contributed by atoms with Gasteiger partial charge in [0, 0.05) is 25.7 Å². The minimum absolute atomic E-state index is 0.216. The fourth-order valence-corrected chi connectivity index (χ4v) is 1.35. The first kappa shape index (κ1) is 15.3. The monoisotopic (exact) mass is 276 g/mol. The van der Waals surface area contributed by atoms with Crippen LogP contribution in [0.25, 0.3) is 0 Å². The number of benzene rings is 1. The van der Waals surface area contributed by atoms with Crippen LogP contribution in [0.2, 0.25) is 0 Å². The maximum atomic E-state index is 13.3. The third-order valence-electron chi connectivity index (χ3n) is 2.47. The van der Waals surface area contributed by atoms with Gasteiger partial charge in [0.1, 0.15) is 11.5 Å². The number of hydrogen-bond acceptors (Lipinski definition) is 2. The largest absolute Gasteiger partial charge is 0.393 e. The van der Waals surface area contributed by atoms with Crippen LogP contribution < -0.4 is 5.32 Å². The molecule has 0 saturated heterocycles. The fourth-order valence-electron chi connectivity index (χ4n) is 1.35. The summed E-state index contributed by atoms with van der Waals surface area (Å²) in [5.41, 5.74) is -0.699. The number of nitrogens with zero attached hydrogens (tertiary/aromatic N) is 1. The van der Waals surface area contributed by atoms with Gasteiger partial charge in [0.2, 0.25) is 0 Å². The molecule has 1 aromatic rings. The third kappa shape index (κ3) is 4.44. The van der Waals surface area contributed by atoms with Crippen LogP contribution in [0, 0.1) is 17.5 Å². The molecule has 0 saturated carbocycles. The van der Waals surface area contributed by atoms with Crippen LogP contribution in [0.3, 0.4) is 0 Å². The summed E-state index contributed by atoms with van der Waals surface area (Å²) in [4.78, 5) is 12.8. The zero-order chi connectivity index (χ0) is 14.6. The van der Waals surface area contributed by atoms with E-state index >= 15 is 0 Å². The summed E-state index contributed by atoms with van der Waals surface area (Å²) in [6.07, 6.45) is -0.257. The maximum Gasteiger partial charge on any atom is 0.321 e. The Morgan fingerprint density at radius 2 is 1.89 bits per heavy atom. The van der Waals surface area contributed by atoms with Crippen molar-refractivity contribution in [1.29, 1.82) is 0 Å². The first-order chi connectivity index (χ1) is 8.81. The average Bonchev–Trinajstić information content (AvgIpc) is 2.30. The van der Waals surface area contributed by atoms with E-state index in [0.717, 1.165) is 4.90 Å². The quantitative estimate of drug-likeness (QED) is 0.887. The summed E-state index contributed by atoms with van der Waals surface area (Å²) < 4.78 is 39.3. The third-order valence-corrected chi connectivity index (χ3v) is 2.47. The highest BCUT2D eigenvalue weighted by atomic mass is 19.1. The van der Waals surface area contributed by atoms with E-state index in [1.807, 2.05) is 5.32 Å². The number of urea groups is 1. The highest BCUT2D eigenvalue weighted by Gasteiger charge is 2.16. The van der Waals surface area contributed by atoms with Crippen molar-refractivity contribution in [3.8, 4) is 0 Å². The molecule has 0 fully saturated rings. The Morgan fingerprint density at radius 3 is 2.37 bits per heavy atom. The predicted molar refractivity (Wildman–Crippen MR) is 64.3 cm³/mol. The minimum Gasteiger partial charge on any atom is -0.393 e. The Bertz CT molecular complexity index is 443. The standard InChI is InChI=1S/C12H15F3N2O2/c1-7(18)3-4-17(2)12(19)16-11-9(14)5-8(13)6-10(11)15/h5-7,18H,3-4H2,1-2H3,(H,16,19). The van der Waals surface area contributed by atoms with Gasteiger partial charge in [0.05, 0.1) is 6.10 Å². The van der Waals surface area contributed by atoms with Gasteiger partial charge in [-0.2, -0.15) is 0 Å². The van der Waals surface area contributed by atoms with Crippen LogP contribution >= 0.6 is 0 Å². The summed E-state index contributed by atoms with van der Waals surface area (Å²) in [6, 6.07) is 0.216. The first-order valence-electron chi connectivity index (χ1n) is 5.66. The molecule has 1 aromatic carbocycles. The molecule has 0 aliphatic rings. The zero-order valence-corrected chi connectivity index (χ0v) is 10.6. The van der Waals surface area contributed by atoms with E-state index in [-0.39, 0.29) is 6.54 Å². The van der Waals surface area contributed by atoms with Gasteiger partial charge in [0.25, 0.3) is 0 Å². The molecule has 1 rings (SSSR count). The lowest BCUT2D eigenvalue weighted by Crippen LogP contribution is -2.33. The first-order valence-corrected chi connectivity index (χ1v) is 5.66. The smallest absolute Gasteiger partial charge is 0.321 e. The van der Waals surface area contributed by atoms with Crippen molar-refractivity contribution < 1.29 is 23.1 Å². The van der Waals surface area contributed by atoms with Gasteiger partial charge < -0.3 is 15.3 Å². The summed E-state index contributed by atoms with van der Waals surface area (Å²) in [6.45, 7) is 1.78. The second-order valence-electron chi connectivity index (χ2n) is 4.23. The van der Waals surface area contributed by atoms with E-state index in [2.05, 4.69) is 0 Å². The molecule has 0 aliphatic carbocycles. The minimum atomic E-state index is -1.19. The summed E-state index contributed by atoms with van der Waals surface area (Å²) in [5.74, 6) is -3.43. The highest BCUT2D eigenvalue weighted by molar-refractivity contribution is 5.89. The second kappa shape index (κ2) is 6.42. The number of aliphatic hydroxyl groups excluding tert-OH is 1. The fraction of sp³-hybridized carbons (Fsp3) is 0.417. The molecule has 7 heteroatoms. The number of rotatable bonds is 4. The summed E-state index contributed by atoms with van der Waals surface area (Å²) >= 11 is 0. The second-order valence-corrected chi connectivity index (χ2v) is 4.23. The predicted octanol–water partition coefficient (Wildman–Crippen LogP) is 2.34. The van der Waals surface area contributed by atoms with Crippen LogP contribution in [-0.2, 0) is 0 Å². The van der Waals surface area contributed by atoms with Crippen molar-refractivity contribution in [3.63, 3.8) is 0 Å². The lowest BCUT2D eigenvalue weighted by molar-refractivity contribution is 0.167. The van der Waals surface area contributed by atoms with Gasteiger partial charge in [-0.05, 0) is 13.3 Å². The van der Waals surface area contributed by atoms with E-state index in [9.17, 15) is 18.0 Å². The number of hydrogen-bond donors (Lipinski definition) is 2. The number of anilines is 1. The summed E-state index contributed by atoms with van der Waals surface area (Å²) in [7, 11) is 1.41. The molecule has 0 spiro atoms. The Labute approximate surface area is 108 Å². The van der Waals surface area contributed by atoms with Crippen molar-refractivity contribution in [3.05, 3.63) is 29.6 Å². The number of carbonyl (C=O) groups is 1. The van der Waals surface area contributed by atoms with Gasteiger partial charge in [-0.3, -0.25) is 0 Å². The lowest BCUT2D eigenvalue weighted by Gasteiger charge is -2.19. The van der Waals surface area contributed by atoms with Gasteiger partial charge >= 0.3 is 6.03 Å². The normalized spacial score (nSPS) is 12.1. The molecule has 0 aliphatic heterocycles. The molecule has 2 amide bonds. The molecule has 4 nitrogen and oxygen atoms in total. The molecular formula is C12H15F3N2O2. The molecule has 1 unspecified atom stereocenters. The van der Waals surface area contributed by atoms with Crippen LogP contribution in [0.15, 0.2) is 12.1 Å². The number of amides is 2. The van der Waals surface area contributed by atoms with E-state index in [4.69, 9.17) is 5.11 Å². The number of aliphatic hydroxyl groups is 1. The molecule has 0 aromatic heterocycles. The number of halogens is 3. The molecule has 2 N–H and O–H groups in total. The molecule has 0 heterocycles. The van der Waals surface area contributed by atoms with Crippen molar-refractivity contribution in [2.24, 2.45) is 0 Å². The van der Waals surface area contributed by atoms with Crippen LogP contribution in [0.4, 0.5) is 23.7 Å². The Kier molecular flexibility index (Phi) is 5.17. The SMILES string of the molecule is CC(O)CCN(C)C(=O)Nc1c(F)cc(F)cc1F. The number of nitrogens with one attached hydrogen (secondary N) is 1. The van der Waals surface area contributed by atoms with E-state index in [1.165, 1.54) is 7.05 Å². The molecule has 0 bridgehead atoms. The Morgan fingerprint density at radius 1 is 1.37 bits per heavy atom. The van der Waals surface area contributed by atoms with Crippen LogP contribution in [0.5, 0.6) is 0 Å². The maximum absolute atomic E-state index is 13.3. The molecule has 106 valence electrons. The topological polar surface area (TPSA) is 52.6 Å². The molecule has 1 atom stereocenters. The van der Waals surface area contributed by atoms with Crippen molar-refractivity contribution in [2.75, 3.05) is 18.9 Å². The zero-order valence-electron chi connectivity index (χ0n) is 10.6. The van der Waals surface area contributed by atoms with Crippen molar-refractivity contribution in [1.82, 2.24) is 4.90 Å². The Balaban J connectivity index is 2.72. The number of carbonyl (C=O) groups excluding carboxylic acids is 1. The molecule has 19 heavy (non-hydrogen) atoms. The van der Waals surface area contributed by atoms with Crippen molar-refractivity contribution in [2.45, 2.75) is 19.4 Å². The lowest BCUT2D eigenvalue weighted by atomic mass is 10.2.